The number of guanidine groups is 1. The van der Waals surface area contributed by atoms with Gasteiger partial charge in [-0.25, -0.2) is 0 Å². The van der Waals surface area contributed by atoms with Crippen molar-refractivity contribution < 1.29 is 4.74 Å². The molecular formula is C22H29N5O. The number of aliphatic imine (C=N–C) groups is 1. The number of morpholine rings is 1. The molecule has 2 aliphatic heterocycles. The first kappa shape index (κ1) is 18.9. The third-order valence-corrected chi connectivity index (χ3v) is 5.53. The van der Waals surface area contributed by atoms with E-state index in [0.29, 0.717) is 12.6 Å². The van der Waals surface area contributed by atoms with Gasteiger partial charge in [-0.1, -0.05) is 36.4 Å². The molecule has 1 aromatic heterocycles. The third kappa shape index (κ3) is 4.34. The summed E-state index contributed by atoms with van der Waals surface area (Å²) in [6, 6.07) is 17.2. The van der Waals surface area contributed by atoms with Gasteiger partial charge in [-0.05, 0) is 24.6 Å². The van der Waals surface area contributed by atoms with E-state index in [1.807, 2.05) is 32.2 Å². The zero-order chi connectivity index (χ0) is 19.3. The second-order valence-corrected chi connectivity index (χ2v) is 7.51. The number of pyridine rings is 1. The molecule has 0 saturated carbocycles. The van der Waals surface area contributed by atoms with Crippen LogP contribution in [0, 0.1) is 6.92 Å². The lowest BCUT2D eigenvalue weighted by Gasteiger charge is -2.36. The number of hydrogen-bond donors (Lipinski definition) is 1. The molecule has 2 fully saturated rings. The summed E-state index contributed by atoms with van der Waals surface area (Å²) < 4.78 is 6.09. The average Bonchev–Trinajstić information content (AvgIpc) is 3.14. The molecule has 2 saturated heterocycles. The summed E-state index contributed by atoms with van der Waals surface area (Å²) in [5.74, 6) is 0.918. The van der Waals surface area contributed by atoms with Gasteiger partial charge in [-0.15, -0.1) is 0 Å². The van der Waals surface area contributed by atoms with Gasteiger partial charge in [0.25, 0.3) is 0 Å². The second-order valence-electron chi connectivity index (χ2n) is 7.51. The first-order valence-electron chi connectivity index (χ1n) is 10.0. The highest BCUT2D eigenvalue weighted by Crippen LogP contribution is 2.24. The van der Waals surface area contributed by atoms with Crippen molar-refractivity contribution in [3.63, 3.8) is 0 Å². The highest BCUT2D eigenvalue weighted by Gasteiger charge is 2.41. The lowest BCUT2D eigenvalue weighted by atomic mass is 10.1. The molecule has 0 radical (unpaired) electrons. The first-order valence-corrected chi connectivity index (χ1v) is 10.0. The molecule has 0 aliphatic carbocycles. The summed E-state index contributed by atoms with van der Waals surface area (Å²) in [5, 5.41) is 3.47. The maximum atomic E-state index is 6.09. The number of benzene rings is 1. The Morgan fingerprint density at radius 1 is 1.18 bits per heavy atom. The van der Waals surface area contributed by atoms with E-state index in [4.69, 9.17) is 4.74 Å². The van der Waals surface area contributed by atoms with Crippen molar-refractivity contribution >= 4 is 5.96 Å². The van der Waals surface area contributed by atoms with Crippen molar-refractivity contribution in [3.8, 4) is 0 Å². The quantitative estimate of drug-likeness (QED) is 0.651. The van der Waals surface area contributed by atoms with Crippen LogP contribution < -0.4 is 5.32 Å². The molecule has 3 heterocycles. The van der Waals surface area contributed by atoms with E-state index in [1.54, 1.807) is 0 Å². The normalized spacial score (nSPS) is 22.9. The number of nitrogens with one attached hydrogen (secondary N) is 1. The van der Waals surface area contributed by atoms with Crippen molar-refractivity contribution in [1.82, 2.24) is 20.1 Å². The minimum Gasteiger partial charge on any atom is -0.373 e. The number of fused-ring (bicyclic) bond motifs is 1. The minimum absolute atomic E-state index is 0.230. The summed E-state index contributed by atoms with van der Waals surface area (Å²) >= 11 is 0. The van der Waals surface area contributed by atoms with Crippen LogP contribution in [0.4, 0.5) is 0 Å². The number of aryl methyl sites for hydroxylation is 1. The SMILES string of the molecule is CN=C(NCc1cccc(C)n1)N1CC2OCCN(Cc3ccccc3)C2C1. The molecule has 28 heavy (non-hydrogen) atoms. The summed E-state index contributed by atoms with van der Waals surface area (Å²) in [6.45, 7) is 7.23. The Bertz CT molecular complexity index is 810. The minimum atomic E-state index is 0.230. The zero-order valence-electron chi connectivity index (χ0n) is 16.7. The monoisotopic (exact) mass is 379 g/mol. The molecule has 2 atom stereocenters. The Labute approximate surface area is 167 Å². The van der Waals surface area contributed by atoms with Crippen LogP contribution in [0.15, 0.2) is 53.5 Å². The molecule has 1 N–H and O–H groups in total. The molecule has 4 rings (SSSR count). The van der Waals surface area contributed by atoms with E-state index in [-0.39, 0.29) is 6.10 Å². The van der Waals surface area contributed by atoms with Gasteiger partial charge in [-0.3, -0.25) is 14.9 Å². The van der Waals surface area contributed by atoms with Crippen LogP contribution in [0.3, 0.4) is 0 Å². The Morgan fingerprint density at radius 3 is 2.82 bits per heavy atom. The van der Waals surface area contributed by atoms with Gasteiger partial charge >= 0.3 is 0 Å². The van der Waals surface area contributed by atoms with E-state index in [1.165, 1.54) is 5.56 Å². The molecule has 0 amide bonds. The average molecular weight is 380 g/mol. The molecule has 0 bridgehead atoms. The van der Waals surface area contributed by atoms with E-state index >= 15 is 0 Å². The second kappa shape index (κ2) is 8.71. The molecule has 0 spiro atoms. The number of aromatic nitrogens is 1. The number of ether oxygens (including phenoxy) is 1. The van der Waals surface area contributed by atoms with Gasteiger partial charge in [0.05, 0.1) is 31.0 Å². The third-order valence-electron chi connectivity index (χ3n) is 5.53. The Hall–Kier alpha value is -2.44. The van der Waals surface area contributed by atoms with Gasteiger partial charge in [-0.2, -0.15) is 0 Å². The number of likely N-dealkylation sites (tertiary alicyclic amines) is 1. The van der Waals surface area contributed by atoms with E-state index in [2.05, 4.69) is 55.4 Å². The zero-order valence-corrected chi connectivity index (χ0v) is 16.7. The summed E-state index contributed by atoms with van der Waals surface area (Å²) in [4.78, 5) is 13.9. The number of rotatable bonds is 4. The van der Waals surface area contributed by atoms with Gasteiger partial charge in [0, 0.05) is 38.9 Å². The molecule has 148 valence electrons. The van der Waals surface area contributed by atoms with Crippen LogP contribution in [0.5, 0.6) is 0 Å². The van der Waals surface area contributed by atoms with Crippen LogP contribution in [-0.2, 0) is 17.8 Å². The first-order chi connectivity index (χ1) is 13.7. The fourth-order valence-electron chi connectivity index (χ4n) is 4.15. The number of nitrogens with zero attached hydrogens (tertiary/aromatic N) is 4. The van der Waals surface area contributed by atoms with E-state index < -0.39 is 0 Å². The summed E-state index contributed by atoms with van der Waals surface area (Å²) in [7, 11) is 1.84. The summed E-state index contributed by atoms with van der Waals surface area (Å²) in [5.41, 5.74) is 3.42. The highest BCUT2D eigenvalue weighted by atomic mass is 16.5. The molecule has 6 nitrogen and oxygen atoms in total. The maximum absolute atomic E-state index is 6.09. The van der Waals surface area contributed by atoms with E-state index in [9.17, 15) is 0 Å². The van der Waals surface area contributed by atoms with Gasteiger partial charge < -0.3 is 15.0 Å². The highest BCUT2D eigenvalue weighted by molar-refractivity contribution is 5.80. The van der Waals surface area contributed by atoms with E-state index in [0.717, 1.165) is 50.1 Å². The van der Waals surface area contributed by atoms with Crippen molar-refractivity contribution in [2.45, 2.75) is 32.2 Å². The summed E-state index contributed by atoms with van der Waals surface area (Å²) in [6.07, 6.45) is 0.230. The molecule has 2 aromatic rings. The van der Waals surface area contributed by atoms with Crippen LogP contribution in [0.25, 0.3) is 0 Å². The predicted molar refractivity (Wildman–Crippen MR) is 111 cm³/mol. The Morgan fingerprint density at radius 2 is 2.04 bits per heavy atom. The van der Waals surface area contributed by atoms with Gasteiger partial charge in [0.1, 0.15) is 0 Å². The lowest BCUT2D eigenvalue weighted by Crippen LogP contribution is -2.50. The Kier molecular flexibility index (Phi) is 5.88. The molecule has 2 unspecified atom stereocenters. The fourth-order valence-corrected chi connectivity index (χ4v) is 4.15. The molecule has 2 aliphatic rings. The van der Waals surface area contributed by atoms with Crippen molar-refractivity contribution in [2.75, 3.05) is 33.3 Å². The predicted octanol–water partition coefficient (Wildman–Crippen LogP) is 2.05. The largest absolute Gasteiger partial charge is 0.373 e. The van der Waals surface area contributed by atoms with Crippen molar-refractivity contribution in [1.29, 1.82) is 0 Å². The topological polar surface area (TPSA) is 53.0 Å². The van der Waals surface area contributed by atoms with Crippen LogP contribution in [-0.4, -0.2) is 66.2 Å². The Balaban J connectivity index is 1.39. The van der Waals surface area contributed by atoms with Crippen molar-refractivity contribution in [2.24, 2.45) is 4.99 Å². The standard InChI is InChI=1S/C22H29N5O/c1-17-7-6-10-19(25-17)13-24-22(23-2)27-15-20-21(16-27)28-12-11-26(20)14-18-8-4-3-5-9-18/h3-10,20-21H,11-16H2,1-2H3,(H,23,24). The van der Waals surface area contributed by atoms with Crippen LogP contribution in [0.2, 0.25) is 0 Å². The van der Waals surface area contributed by atoms with Gasteiger partial charge in [0.2, 0.25) is 0 Å². The van der Waals surface area contributed by atoms with Crippen LogP contribution >= 0.6 is 0 Å². The molecule has 1 aromatic carbocycles. The van der Waals surface area contributed by atoms with Crippen LogP contribution in [0.1, 0.15) is 17.0 Å². The van der Waals surface area contributed by atoms with Gasteiger partial charge in [0.15, 0.2) is 5.96 Å². The number of hydrogen-bond acceptors (Lipinski definition) is 4. The fraction of sp³-hybridized carbons (Fsp3) is 0.455. The molecular weight excluding hydrogens is 350 g/mol. The maximum Gasteiger partial charge on any atom is 0.194 e. The van der Waals surface area contributed by atoms with Crippen molar-refractivity contribution in [3.05, 3.63) is 65.5 Å². The smallest absolute Gasteiger partial charge is 0.194 e. The lowest BCUT2D eigenvalue weighted by molar-refractivity contribution is -0.0502. The molecule has 6 heteroatoms.